The van der Waals surface area contributed by atoms with Crippen molar-refractivity contribution in [3.63, 3.8) is 0 Å². The molecule has 1 aromatic carbocycles. The van der Waals surface area contributed by atoms with E-state index in [-0.39, 0.29) is 11.9 Å². The van der Waals surface area contributed by atoms with Gasteiger partial charge in [0.1, 0.15) is 0 Å². The molecule has 0 unspecified atom stereocenters. The molecule has 1 aliphatic rings. The van der Waals surface area contributed by atoms with Gasteiger partial charge in [-0.15, -0.1) is 0 Å². The lowest BCUT2D eigenvalue weighted by atomic mass is 10.0. The van der Waals surface area contributed by atoms with Gasteiger partial charge < -0.3 is 16.0 Å². The standard InChI is InChI=1S/C14H18BrN3O2/c1-9-11(3-2-4-12(9)15)13(19)17-10-5-7-18(8-6-10)14(16)20/h2-4,10H,5-8H2,1H3,(H2,16,20)(H,17,19). The van der Waals surface area contributed by atoms with E-state index >= 15 is 0 Å². The molecule has 0 aliphatic carbocycles. The second-order valence-electron chi connectivity index (χ2n) is 4.99. The average molecular weight is 340 g/mol. The molecule has 0 bridgehead atoms. The van der Waals surface area contributed by atoms with Gasteiger partial charge in [0.15, 0.2) is 0 Å². The number of carbonyl (C=O) groups is 2. The van der Waals surface area contributed by atoms with Crippen LogP contribution < -0.4 is 11.1 Å². The van der Waals surface area contributed by atoms with Crippen molar-refractivity contribution >= 4 is 27.9 Å². The normalized spacial score (nSPS) is 16.0. The van der Waals surface area contributed by atoms with Crippen molar-refractivity contribution in [2.45, 2.75) is 25.8 Å². The van der Waals surface area contributed by atoms with Crippen LogP contribution in [0.4, 0.5) is 4.79 Å². The summed E-state index contributed by atoms with van der Waals surface area (Å²) in [6.45, 7) is 3.10. The summed E-state index contributed by atoms with van der Waals surface area (Å²) in [5, 5.41) is 3.02. The van der Waals surface area contributed by atoms with Crippen LogP contribution in [0.15, 0.2) is 22.7 Å². The van der Waals surface area contributed by atoms with Crippen LogP contribution in [0, 0.1) is 6.92 Å². The molecule has 0 atom stereocenters. The van der Waals surface area contributed by atoms with Crippen LogP contribution in [0.1, 0.15) is 28.8 Å². The first-order chi connectivity index (χ1) is 9.49. The maximum Gasteiger partial charge on any atom is 0.314 e. The number of halogens is 1. The van der Waals surface area contributed by atoms with Gasteiger partial charge in [0.2, 0.25) is 0 Å². The molecule has 0 spiro atoms. The van der Waals surface area contributed by atoms with Crippen LogP contribution in [0.25, 0.3) is 0 Å². The molecule has 6 heteroatoms. The average Bonchev–Trinajstić information content (AvgIpc) is 2.42. The van der Waals surface area contributed by atoms with E-state index in [0.29, 0.717) is 18.7 Å². The summed E-state index contributed by atoms with van der Waals surface area (Å²) in [7, 11) is 0. The SMILES string of the molecule is Cc1c(Br)cccc1C(=O)NC1CCN(C(N)=O)CC1. The summed E-state index contributed by atoms with van der Waals surface area (Å²) in [6, 6.07) is 5.28. The van der Waals surface area contributed by atoms with E-state index in [1.807, 2.05) is 25.1 Å². The molecule has 3 amide bonds. The Hall–Kier alpha value is -1.56. The third-order valence-corrected chi connectivity index (χ3v) is 4.51. The Bertz CT molecular complexity index is 525. The van der Waals surface area contributed by atoms with Gasteiger partial charge in [-0.25, -0.2) is 4.79 Å². The highest BCUT2D eigenvalue weighted by Gasteiger charge is 2.23. The molecule has 1 saturated heterocycles. The van der Waals surface area contributed by atoms with E-state index in [1.165, 1.54) is 0 Å². The minimum absolute atomic E-state index is 0.0682. The van der Waals surface area contributed by atoms with Gasteiger partial charge in [-0.1, -0.05) is 22.0 Å². The lowest BCUT2D eigenvalue weighted by Gasteiger charge is -2.31. The largest absolute Gasteiger partial charge is 0.351 e. The molecule has 20 heavy (non-hydrogen) atoms. The van der Waals surface area contributed by atoms with Gasteiger partial charge in [0.25, 0.3) is 5.91 Å². The number of primary amides is 1. The maximum absolute atomic E-state index is 12.3. The predicted octanol–water partition coefficient (Wildman–Crippen LogP) is 2.03. The molecule has 1 fully saturated rings. The highest BCUT2D eigenvalue weighted by atomic mass is 79.9. The summed E-state index contributed by atoms with van der Waals surface area (Å²) in [4.78, 5) is 24.9. The maximum atomic E-state index is 12.3. The first kappa shape index (κ1) is 14.8. The van der Waals surface area contributed by atoms with Crippen molar-refractivity contribution in [1.29, 1.82) is 0 Å². The van der Waals surface area contributed by atoms with E-state index < -0.39 is 6.03 Å². The van der Waals surface area contributed by atoms with Crippen molar-refractivity contribution < 1.29 is 9.59 Å². The van der Waals surface area contributed by atoms with E-state index in [1.54, 1.807) is 4.90 Å². The van der Waals surface area contributed by atoms with Crippen molar-refractivity contribution in [2.75, 3.05) is 13.1 Å². The second kappa shape index (κ2) is 6.26. The van der Waals surface area contributed by atoms with E-state index in [0.717, 1.165) is 22.9 Å². The van der Waals surface area contributed by atoms with Gasteiger partial charge in [-0.2, -0.15) is 0 Å². The first-order valence-electron chi connectivity index (χ1n) is 6.59. The summed E-state index contributed by atoms with van der Waals surface area (Å²) in [5.41, 5.74) is 6.84. The molecule has 0 saturated carbocycles. The van der Waals surface area contributed by atoms with E-state index in [2.05, 4.69) is 21.2 Å². The summed E-state index contributed by atoms with van der Waals surface area (Å²) < 4.78 is 0.925. The van der Waals surface area contributed by atoms with Gasteiger partial charge in [0.05, 0.1) is 0 Å². The Morgan fingerprint density at radius 3 is 2.60 bits per heavy atom. The number of carbonyl (C=O) groups excluding carboxylic acids is 2. The summed E-state index contributed by atoms with van der Waals surface area (Å²) in [6.07, 6.45) is 1.48. The smallest absolute Gasteiger partial charge is 0.314 e. The zero-order chi connectivity index (χ0) is 14.7. The van der Waals surface area contributed by atoms with Crippen molar-refractivity contribution in [3.8, 4) is 0 Å². The summed E-state index contributed by atoms with van der Waals surface area (Å²) in [5.74, 6) is -0.0682. The van der Waals surface area contributed by atoms with Crippen LogP contribution in [0.5, 0.6) is 0 Å². The number of likely N-dealkylation sites (tertiary alicyclic amines) is 1. The van der Waals surface area contributed by atoms with Gasteiger partial charge in [0, 0.05) is 29.2 Å². The minimum atomic E-state index is -0.391. The Morgan fingerprint density at radius 1 is 1.35 bits per heavy atom. The predicted molar refractivity (Wildman–Crippen MR) is 80.5 cm³/mol. The molecule has 1 aliphatic heterocycles. The Kier molecular flexibility index (Phi) is 4.65. The van der Waals surface area contributed by atoms with Crippen molar-refractivity contribution in [3.05, 3.63) is 33.8 Å². The van der Waals surface area contributed by atoms with Crippen molar-refractivity contribution in [2.24, 2.45) is 5.73 Å². The number of urea groups is 1. The topological polar surface area (TPSA) is 75.4 Å². The Balaban J connectivity index is 1.96. The van der Waals surface area contributed by atoms with E-state index in [4.69, 9.17) is 5.73 Å². The van der Waals surface area contributed by atoms with Crippen LogP contribution in [0.2, 0.25) is 0 Å². The van der Waals surface area contributed by atoms with Gasteiger partial charge in [-0.3, -0.25) is 4.79 Å². The van der Waals surface area contributed by atoms with E-state index in [9.17, 15) is 9.59 Å². The van der Waals surface area contributed by atoms with Crippen LogP contribution in [-0.4, -0.2) is 36.0 Å². The molecule has 108 valence electrons. The third kappa shape index (κ3) is 3.30. The molecular weight excluding hydrogens is 322 g/mol. The molecule has 3 N–H and O–H groups in total. The zero-order valence-corrected chi connectivity index (χ0v) is 12.9. The zero-order valence-electron chi connectivity index (χ0n) is 11.4. The summed E-state index contributed by atoms with van der Waals surface area (Å²) >= 11 is 3.43. The first-order valence-corrected chi connectivity index (χ1v) is 7.38. The number of hydrogen-bond donors (Lipinski definition) is 2. The fraction of sp³-hybridized carbons (Fsp3) is 0.429. The number of nitrogens with two attached hydrogens (primary N) is 1. The quantitative estimate of drug-likeness (QED) is 0.864. The third-order valence-electron chi connectivity index (χ3n) is 3.65. The lowest BCUT2D eigenvalue weighted by Crippen LogP contribution is -2.48. The molecule has 1 heterocycles. The number of piperidine rings is 1. The van der Waals surface area contributed by atoms with Gasteiger partial charge in [-0.05, 0) is 37.5 Å². The highest BCUT2D eigenvalue weighted by Crippen LogP contribution is 2.20. The fourth-order valence-electron chi connectivity index (χ4n) is 2.36. The second-order valence-corrected chi connectivity index (χ2v) is 5.84. The Labute approximate surface area is 126 Å². The van der Waals surface area contributed by atoms with Crippen molar-refractivity contribution in [1.82, 2.24) is 10.2 Å². The van der Waals surface area contributed by atoms with Crippen LogP contribution in [0.3, 0.4) is 0 Å². The number of nitrogens with one attached hydrogen (secondary N) is 1. The monoisotopic (exact) mass is 339 g/mol. The molecule has 5 nitrogen and oxygen atoms in total. The fourth-order valence-corrected chi connectivity index (χ4v) is 2.73. The molecule has 1 aromatic rings. The van der Waals surface area contributed by atoms with Gasteiger partial charge >= 0.3 is 6.03 Å². The number of benzene rings is 1. The molecule has 0 radical (unpaired) electrons. The molecular formula is C14H18BrN3O2. The number of hydrogen-bond acceptors (Lipinski definition) is 2. The number of nitrogens with zero attached hydrogens (tertiary/aromatic N) is 1. The van der Waals surface area contributed by atoms with Crippen LogP contribution >= 0.6 is 15.9 Å². The highest BCUT2D eigenvalue weighted by molar-refractivity contribution is 9.10. The Morgan fingerprint density at radius 2 is 2.00 bits per heavy atom. The molecule has 2 rings (SSSR count). The molecule has 0 aromatic heterocycles. The number of rotatable bonds is 2. The minimum Gasteiger partial charge on any atom is -0.351 e. The van der Waals surface area contributed by atoms with Crippen LogP contribution in [-0.2, 0) is 0 Å². The number of amides is 3. The lowest BCUT2D eigenvalue weighted by molar-refractivity contribution is 0.0918.